The predicted octanol–water partition coefficient (Wildman–Crippen LogP) is 3.41. The van der Waals surface area contributed by atoms with Crippen LogP contribution >= 0.6 is 0 Å². The van der Waals surface area contributed by atoms with Gasteiger partial charge in [0.2, 0.25) is 5.91 Å². The van der Waals surface area contributed by atoms with Crippen molar-refractivity contribution >= 4 is 5.91 Å². The summed E-state index contributed by atoms with van der Waals surface area (Å²) in [6.07, 6.45) is 8.38. The molecular formula is C17H23NO. The van der Waals surface area contributed by atoms with Crippen LogP contribution in [0, 0.1) is 5.92 Å². The van der Waals surface area contributed by atoms with E-state index >= 15 is 0 Å². The van der Waals surface area contributed by atoms with Crippen molar-refractivity contribution < 1.29 is 4.79 Å². The molecular weight excluding hydrogens is 234 g/mol. The van der Waals surface area contributed by atoms with E-state index < -0.39 is 0 Å². The third kappa shape index (κ3) is 2.83. The van der Waals surface area contributed by atoms with Gasteiger partial charge in [-0.25, -0.2) is 0 Å². The van der Waals surface area contributed by atoms with Gasteiger partial charge in [-0.05, 0) is 31.2 Å². The summed E-state index contributed by atoms with van der Waals surface area (Å²) in [7, 11) is 0. The Morgan fingerprint density at radius 3 is 2.47 bits per heavy atom. The van der Waals surface area contributed by atoms with Crippen molar-refractivity contribution in [3.05, 3.63) is 35.9 Å². The van der Waals surface area contributed by atoms with Gasteiger partial charge in [0.05, 0.1) is 0 Å². The average Bonchev–Trinajstić information content (AvgIpc) is 2.82. The zero-order valence-corrected chi connectivity index (χ0v) is 11.6. The minimum absolute atomic E-state index is 0.226. The standard InChI is InChI=1S/C17H23NO/c19-17-15(13-14-7-3-1-4-8-14)11-12-18(17)16-9-5-2-6-10-16/h1,3-4,7-8,15-16H,2,5-6,9-13H2/t15-/m0/s1. The maximum Gasteiger partial charge on any atom is 0.226 e. The Kier molecular flexibility index (Phi) is 3.86. The lowest BCUT2D eigenvalue weighted by atomic mass is 9.94. The van der Waals surface area contributed by atoms with Gasteiger partial charge in [0, 0.05) is 18.5 Å². The van der Waals surface area contributed by atoms with Gasteiger partial charge in [-0.3, -0.25) is 4.79 Å². The molecule has 102 valence electrons. The number of carbonyl (C=O) groups excluding carboxylic acids is 1. The van der Waals surface area contributed by atoms with E-state index in [0.29, 0.717) is 11.9 Å². The van der Waals surface area contributed by atoms with Crippen molar-refractivity contribution in [1.29, 1.82) is 0 Å². The van der Waals surface area contributed by atoms with Gasteiger partial charge in [-0.15, -0.1) is 0 Å². The molecule has 1 aromatic carbocycles. The first-order chi connectivity index (χ1) is 9.34. The molecule has 1 saturated carbocycles. The van der Waals surface area contributed by atoms with Crippen LogP contribution in [0.25, 0.3) is 0 Å². The second-order valence-electron chi connectivity index (χ2n) is 6.00. The first kappa shape index (κ1) is 12.7. The molecule has 1 amide bonds. The number of rotatable bonds is 3. The van der Waals surface area contributed by atoms with Crippen molar-refractivity contribution in [1.82, 2.24) is 4.90 Å². The maximum absolute atomic E-state index is 12.5. The quantitative estimate of drug-likeness (QED) is 0.812. The number of hydrogen-bond acceptors (Lipinski definition) is 1. The van der Waals surface area contributed by atoms with Crippen LogP contribution in [0.2, 0.25) is 0 Å². The molecule has 0 bridgehead atoms. The number of amides is 1. The highest BCUT2D eigenvalue weighted by Crippen LogP contribution is 2.30. The molecule has 0 aromatic heterocycles. The summed E-state index contributed by atoms with van der Waals surface area (Å²) in [5.74, 6) is 0.639. The predicted molar refractivity (Wildman–Crippen MR) is 76.8 cm³/mol. The average molecular weight is 257 g/mol. The summed E-state index contributed by atoms with van der Waals surface area (Å²) >= 11 is 0. The van der Waals surface area contributed by atoms with E-state index in [2.05, 4.69) is 29.2 Å². The topological polar surface area (TPSA) is 20.3 Å². The van der Waals surface area contributed by atoms with Gasteiger partial charge in [-0.1, -0.05) is 49.6 Å². The van der Waals surface area contributed by atoms with Crippen LogP contribution in [0.1, 0.15) is 44.1 Å². The fraction of sp³-hybridized carbons (Fsp3) is 0.588. The second-order valence-corrected chi connectivity index (χ2v) is 6.00. The van der Waals surface area contributed by atoms with Crippen LogP contribution < -0.4 is 0 Å². The molecule has 0 unspecified atom stereocenters. The fourth-order valence-corrected chi connectivity index (χ4v) is 3.61. The molecule has 1 atom stereocenters. The summed E-state index contributed by atoms with van der Waals surface area (Å²) in [5, 5.41) is 0. The van der Waals surface area contributed by atoms with E-state index in [9.17, 15) is 4.79 Å². The lowest BCUT2D eigenvalue weighted by molar-refractivity contribution is -0.133. The number of likely N-dealkylation sites (tertiary alicyclic amines) is 1. The van der Waals surface area contributed by atoms with E-state index in [-0.39, 0.29) is 5.92 Å². The van der Waals surface area contributed by atoms with E-state index in [1.165, 1.54) is 37.7 Å². The van der Waals surface area contributed by atoms with Gasteiger partial charge in [0.15, 0.2) is 0 Å². The lowest BCUT2D eigenvalue weighted by Gasteiger charge is -2.31. The minimum atomic E-state index is 0.226. The third-order valence-electron chi connectivity index (χ3n) is 4.69. The molecule has 2 heteroatoms. The van der Waals surface area contributed by atoms with E-state index in [1.54, 1.807) is 0 Å². The van der Waals surface area contributed by atoms with Crippen molar-refractivity contribution in [2.45, 2.75) is 51.0 Å². The van der Waals surface area contributed by atoms with Gasteiger partial charge in [0.1, 0.15) is 0 Å². The summed E-state index contributed by atoms with van der Waals surface area (Å²) in [6, 6.07) is 11.0. The molecule has 1 heterocycles. The zero-order valence-electron chi connectivity index (χ0n) is 11.6. The molecule has 0 radical (unpaired) electrons. The first-order valence-corrected chi connectivity index (χ1v) is 7.69. The Balaban J connectivity index is 1.62. The Labute approximate surface area is 115 Å². The van der Waals surface area contributed by atoms with Crippen molar-refractivity contribution in [2.75, 3.05) is 6.54 Å². The zero-order chi connectivity index (χ0) is 13.1. The van der Waals surface area contributed by atoms with Gasteiger partial charge < -0.3 is 4.90 Å². The highest BCUT2D eigenvalue weighted by molar-refractivity contribution is 5.81. The Morgan fingerprint density at radius 1 is 1.00 bits per heavy atom. The molecule has 3 rings (SSSR count). The lowest BCUT2D eigenvalue weighted by Crippen LogP contribution is -2.39. The molecule has 1 aliphatic carbocycles. The monoisotopic (exact) mass is 257 g/mol. The molecule has 1 saturated heterocycles. The minimum Gasteiger partial charge on any atom is -0.339 e. The molecule has 0 N–H and O–H groups in total. The second kappa shape index (κ2) is 5.77. The molecule has 0 spiro atoms. The van der Waals surface area contributed by atoms with Crippen LogP contribution in [0.3, 0.4) is 0 Å². The van der Waals surface area contributed by atoms with Crippen LogP contribution in [-0.2, 0) is 11.2 Å². The summed E-state index contributed by atoms with van der Waals surface area (Å²) < 4.78 is 0. The van der Waals surface area contributed by atoms with Gasteiger partial charge in [-0.2, -0.15) is 0 Å². The smallest absolute Gasteiger partial charge is 0.226 e. The third-order valence-corrected chi connectivity index (χ3v) is 4.69. The number of hydrogen-bond donors (Lipinski definition) is 0. The maximum atomic E-state index is 12.5. The molecule has 1 aromatic rings. The largest absolute Gasteiger partial charge is 0.339 e. The molecule has 2 fully saturated rings. The van der Waals surface area contributed by atoms with Crippen LogP contribution in [0.5, 0.6) is 0 Å². The van der Waals surface area contributed by atoms with Crippen molar-refractivity contribution in [3.8, 4) is 0 Å². The van der Waals surface area contributed by atoms with E-state index in [0.717, 1.165) is 19.4 Å². The molecule has 19 heavy (non-hydrogen) atoms. The van der Waals surface area contributed by atoms with E-state index in [4.69, 9.17) is 0 Å². The highest BCUT2D eigenvalue weighted by Gasteiger charge is 2.35. The summed E-state index contributed by atoms with van der Waals surface area (Å²) in [5.41, 5.74) is 1.30. The van der Waals surface area contributed by atoms with Crippen LogP contribution in [-0.4, -0.2) is 23.4 Å². The van der Waals surface area contributed by atoms with Crippen LogP contribution in [0.15, 0.2) is 30.3 Å². The molecule has 2 aliphatic rings. The molecule has 1 aliphatic heterocycles. The van der Waals surface area contributed by atoms with Crippen LogP contribution in [0.4, 0.5) is 0 Å². The Hall–Kier alpha value is -1.31. The van der Waals surface area contributed by atoms with Crippen molar-refractivity contribution in [3.63, 3.8) is 0 Å². The normalized spacial score (nSPS) is 24.9. The Bertz CT molecular complexity index is 422. The van der Waals surface area contributed by atoms with Gasteiger partial charge in [0.25, 0.3) is 0 Å². The number of nitrogens with zero attached hydrogens (tertiary/aromatic N) is 1. The Morgan fingerprint density at radius 2 is 1.74 bits per heavy atom. The first-order valence-electron chi connectivity index (χ1n) is 7.69. The summed E-state index contributed by atoms with van der Waals surface area (Å²) in [6.45, 7) is 0.987. The number of benzene rings is 1. The van der Waals surface area contributed by atoms with Gasteiger partial charge >= 0.3 is 0 Å². The number of carbonyl (C=O) groups is 1. The highest BCUT2D eigenvalue weighted by atomic mass is 16.2. The fourth-order valence-electron chi connectivity index (χ4n) is 3.61. The van der Waals surface area contributed by atoms with E-state index in [1.807, 2.05) is 6.07 Å². The SMILES string of the molecule is O=C1[C@H](Cc2ccccc2)CCN1C1CCCCC1. The molecule has 2 nitrogen and oxygen atoms in total. The van der Waals surface area contributed by atoms with Crippen molar-refractivity contribution in [2.24, 2.45) is 5.92 Å². The summed E-state index contributed by atoms with van der Waals surface area (Å²) in [4.78, 5) is 14.7.